The molecule has 2 aliphatic rings. The Morgan fingerprint density at radius 1 is 1.10 bits per heavy atom. The van der Waals surface area contributed by atoms with E-state index < -0.39 is 11.7 Å². The van der Waals surface area contributed by atoms with Crippen LogP contribution in [0.25, 0.3) is 11.2 Å². The first-order valence-corrected chi connectivity index (χ1v) is 13.6. The van der Waals surface area contributed by atoms with Gasteiger partial charge in [-0.1, -0.05) is 23.2 Å². The van der Waals surface area contributed by atoms with E-state index in [4.69, 9.17) is 33.9 Å². The number of rotatable bonds is 6. The van der Waals surface area contributed by atoms with Gasteiger partial charge in [-0.3, -0.25) is 9.36 Å². The van der Waals surface area contributed by atoms with Crippen molar-refractivity contribution >= 4 is 57.9 Å². The molecule has 1 unspecified atom stereocenters. The number of hydrogen-bond acceptors (Lipinski definition) is 7. The Morgan fingerprint density at radius 3 is 2.41 bits per heavy atom. The third-order valence-electron chi connectivity index (χ3n) is 7.46. The highest BCUT2D eigenvalue weighted by molar-refractivity contribution is 6.39. The zero-order valence-electron chi connectivity index (χ0n) is 21.2. The predicted molar refractivity (Wildman–Crippen MR) is 144 cm³/mol. The van der Waals surface area contributed by atoms with Crippen molar-refractivity contribution in [2.45, 2.75) is 56.8 Å². The first kappa shape index (κ1) is 27.7. The molecular formula is C25H29Cl2F3N8O. The van der Waals surface area contributed by atoms with E-state index in [1.54, 1.807) is 6.20 Å². The summed E-state index contributed by atoms with van der Waals surface area (Å²) in [6, 6.07) is 1.75. The molecule has 0 spiro atoms. The van der Waals surface area contributed by atoms with E-state index in [9.17, 15) is 18.0 Å². The zero-order valence-corrected chi connectivity index (χ0v) is 22.7. The van der Waals surface area contributed by atoms with Crippen molar-refractivity contribution < 1.29 is 18.0 Å². The molecule has 1 aromatic carbocycles. The first-order valence-electron chi connectivity index (χ1n) is 12.8. The molecule has 0 bridgehead atoms. The molecule has 2 fully saturated rings. The Morgan fingerprint density at radius 2 is 1.79 bits per heavy atom. The van der Waals surface area contributed by atoms with Crippen molar-refractivity contribution in [1.29, 1.82) is 0 Å². The van der Waals surface area contributed by atoms with Gasteiger partial charge in [0.15, 0.2) is 5.65 Å². The third-order valence-corrected chi connectivity index (χ3v) is 8.06. The monoisotopic (exact) mass is 584 g/mol. The molecule has 1 aliphatic carbocycles. The summed E-state index contributed by atoms with van der Waals surface area (Å²) < 4.78 is 41.7. The van der Waals surface area contributed by atoms with E-state index in [2.05, 4.69) is 32.5 Å². The van der Waals surface area contributed by atoms with Crippen molar-refractivity contribution in [1.82, 2.24) is 24.4 Å². The van der Waals surface area contributed by atoms with E-state index in [0.717, 1.165) is 38.1 Å². The van der Waals surface area contributed by atoms with Crippen molar-refractivity contribution in [3.8, 4) is 0 Å². The molecule has 3 aromatic rings. The molecule has 210 valence electrons. The number of imidazole rings is 1. The smallest absolute Gasteiger partial charge is 0.369 e. The lowest BCUT2D eigenvalue weighted by Crippen LogP contribution is -2.40. The quantitative estimate of drug-likeness (QED) is 0.344. The molecule has 4 N–H and O–H groups in total. The molecule has 5 rings (SSSR count). The van der Waals surface area contributed by atoms with Gasteiger partial charge in [0, 0.05) is 24.5 Å². The van der Waals surface area contributed by atoms with Crippen LogP contribution in [0.3, 0.4) is 0 Å². The fraction of sp³-hybridized carbons (Fsp3) is 0.520. The van der Waals surface area contributed by atoms with E-state index >= 15 is 0 Å². The fourth-order valence-electron chi connectivity index (χ4n) is 5.45. The van der Waals surface area contributed by atoms with Gasteiger partial charge in [-0.25, -0.2) is 9.97 Å². The van der Waals surface area contributed by atoms with Crippen molar-refractivity contribution in [3.05, 3.63) is 33.9 Å². The number of alkyl halides is 3. The molecule has 14 heteroatoms. The Hall–Kier alpha value is -2.83. The number of likely N-dealkylation sites (tertiary alicyclic amines) is 1. The molecule has 1 aliphatic heterocycles. The van der Waals surface area contributed by atoms with Crippen LogP contribution in [0.15, 0.2) is 18.3 Å². The number of nitrogens with zero attached hydrogens (tertiary/aromatic N) is 5. The lowest BCUT2D eigenvalue weighted by molar-refractivity contribution is -0.137. The summed E-state index contributed by atoms with van der Waals surface area (Å²) in [6.07, 6.45) is 1.58. The molecule has 2 aromatic heterocycles. The predicted octanol–water partition coefficient (Wildman–Crippen LogP) is 5.62. The highest BCUT2D eigenvalue weighted by Crippen LogP contribution is 2.42. The second kappa shape index (κ2) is 11.0. The number of carbonyl (C=O) groups excluding carboxylic acids is 1. The molecule has 3 heterocycles. The van der Waals surface area contributed by atoms with Gasteiger partial charge in [0.25, 0.3) is 0 Å². The number of aromatic nitrogens is 4. The number of hydrogen-bond donors (Lipinski definition) is 3. The number of carbonyl (C=O) groups is 1. The van der Waals surface area contributed by atoms with Crippen LogP contribution in [-0.4, -0.2) is 56.5 Å². The van der Waals surface area contributed by atoms with E-state index in [1.807, 2.05) is 4.57 Å². The number of benzene rings is 1. The van der Waals surface area contributed by atoms with E-state index in [0.29, 0.717) is 48.7 Å². The summed E-state index contributed by atoms with van der Waals surface area (Å²) in [5.41, 5.74) is 5.75. The summed E-state index contributed by atoms with van der Waals surface area (Å²) in [5, 5.41) is 6.08. The van der Waals surface area contributed by atoms with Crippen molar-refractivity contribution in [3.63, 3.8) is 0 Å². The Bertz CT molecular complexity index is 1350. The van der Waals surface area contributed by atoms with Crippen LogP contribution < -0.4 is 16.4 Å². The highest BCUT2D eigenvalue weighted by atomic mass is 35.5. The average molecular weight is 585 g/mol. The molecule has 1 saturated carbocycles. The molecule has 1 amide bonds. The third kappa shape index (κ3) is 6.02. The standard InChI is InChI=1S/C25H29Cl2F3N8O/c1-37-8-2-3-15(12-37)33-23-32-11-19-22(36-23)38(16-6-4-13(5-7-16)21(31)39)24(34-19)35-20-17(26)9-14(10-18(20)27)25(28,29)30/h9-11,13,15-16H,2-8,12H2,1H3,(H2,31,39)(H,34,35)(H,32,33,36). The van der Waals surface area contributed by atoms with Crippen LogP contribution in [0.5, 0.6) is 0 Å². The van der Waals surface area contributed by atoms with Crippen molar-refractivity contribution in [2.75, 3.05) is 30.8 Å². The summed E-state index contributed by atoms with van der Waals surface area (Å²) in [6.45, 7) is 1.92. The number of anilines is 3. The van der Waals surface area contributed by atoms with Gasteiger partial charge in [0.2, 0.25) is 17.8 Å². The Kier molecular flexibility index (Phi) is 7.80. The minimum absolute atomic E-state index is 0.0938. The summed E-state index contributed by atoms with van der Waals surface area (Å²) in [7, 11) is 2.07. The molecule has 0 radical (unpaired) electrons. The van der Waals surface area contributed by atoms with Crippen LogP contribution >= 0.6 is 23.2 Å². The van der Waals surface area contributed by atoms with Gasteiger partial charge in [0.05, 0.1) is 27.5 Å². The largest absolute Gasteiger partial charge is 0.416 e. The Labute approximate surface area is 233 Å². The molecule has 39 heavy (non-hydrogen) atoms. The SMILES string of the molecule is CN1CCCC(Nc2ncc3nc(Nc4c(Cl)cc(C(F)(F)F)cc4Cl)n(C4CCC(C(N)=O)CC4)c3n2)C1. The van der Waals surface area contributed by atoms with Gasteiger partial charge < -0.3 is 21.3 Å². The van der Waals surface area contributed by atoms with Gasteiger partial charge in [0.1, 0.15) is 5.52 Å². The van der Waals surface area contributed by atoms with Crippen LogP contribution in [0, 0.1) is 5.92 Å². The maximum Gasteiger partial charge on any atom is 0.416 e. The average Bonchev–Trinajstić information content (AvgIpc) is 3.23. The first-order chi connectivity index (χ1) is 18.5. The number of primary amides is 1. The second-order valence-corrected chi connectivity index (χ2v) is 11.1. The molecule has 1 atom stereocenters. The van der Waals surface area contributed by atoms with Gasteiger partial charge in [-0.2, -0.15) is 18.2 Å². The molecular weight excluding hydrogens is 556 g/mol. The maximum atomic E-state index is 13.3. The minimum atomic E-state index is -4.59. The summed E-state index contributed by atoms with van der Waals surface area (Å²) in [5.74, 6) is 0.255. The number of likely N-dealkylation sites (N-methyl/N-ethyl adjacent to an activating group) is 1. The second-order valence-electron chi connectivity index (χ2n) is 10.3. The van der Waals surface area contributed by atoms with E-state index in [1.165, 1.54) is 0 Å². The summed E-state index contributed by atoms with van der Waals surface area (Å²) >= 11 is 12.5. The number of nitrogens with two attached hydrogens (primary N) is 1. The van der Waals surface area contributed by atoms with Crippen LogP contribution in [-0.2, 0) is 11.0 Å². The maximum absolute atomic E-state index is 13.3. The van der Waals surface area contributed by atoms with Crippen LogP contribution in [0.1, 0.15) is 50.1 Å². The number of nitrogens with one attached hydrogen (secondary N) is 2. The zero-order chi connectivity index (χ0) is 27.9. The van der Waals surface area contributed by atoms with E-state index in [-0.39, 0.29) is 39.6 Å². The minimum Gasteiger partial charge on any atom is -0.369 e. The number of piperidine rings is 1. The van der Waals surface area contributed by atoms with Crippen molar-refractivity contribution in [2.24, 2.45) is 11.7 Å². The highest BCUT2D eigenvalue weighted by Gasteiger charge is 2.33. The molecule has 9 nitrogen and oxygen atoms in total. The topological polar surface area (TPSA) is 114 Å². The number of amides is 1. The Balaban J connectivity index is 1.52. The lowest BCUT2D eigenvalue weighted by Gasteiger charge is -2.30. The van der Waals surface area contributed by atoms with Gasteiger partial charge in [-0.05, 0) is 64.3 Å². The number of halogens is 5. The number of fused-ring (bicyclic) bond motifs is 1. The normalized spacial score (nSPS) is 22.7. The van der Waals surface area contributed by atoms with Gasteiger partial charge in [-0.15, -0.1) is 0 Å². The van der Waals surface area contributed by atoms with Gasteiger partial charge >= 0.3 is 6.18 Å². The fourth-order valence-corrected chi connectivity index (χ4v) is 6.03. The molecule has 1 saturated heterocycles. The summed E-state index contributed by atoms with van der Waals surface area (Å²) in [4.78, 5) is 27.9. The van der Waals surface area contributed by atoms with Crippen LogP contribution in [0.4, 0.5) is 30.8 Å². The lowest BCUT2D eigenvalue weighted by atomic mass is 9.85. The van der Waals surface area contributed by atoms with Crippen LogP contribution in [0.2, 0.25) is 10.0 Å².